The van der Waals surface area contributed by atoms with Crippen LogP contribution in [0.5, 0.6) is 0 Å². The molecular formula is C16H29F3N2. The molecule has 2 aliphatic heterocycles. The monoisotopic (exact) mass is 306 g/mol. The molecule has 0 spiro atoms. The highest BCUT2D eigenvalue weighted by Crippen LogP contribution is 2.45. The average Bonchev–Trinajstić information content (AvgIpc) is 2.38. The highest BCUT2D eigenvalue weighted by molar-refractivity contribution is 4.90. The number of piperidine rings is 2. The van der Waals surface area contributed by atoms with Gasteiger partial charge in [0.25, 0.3) is 0 Å². The molecule has 0 bridgehead atoms. The van der Waals surface area contributed by atoms with Gasteiger partial charge in [-0.15, -0.1) is 0 Å². The molecule has 0 aromatic rings. The predicted octanol–water partition coefficient (Wildman–Crippen LogP) is 3.63. The summed E-state index contributed by atoms with van der Waals surface area (Å²) in [6, 6.07) is 0. The van der Waals surface area contributed by atoms with Crippen molar-refractivity contribution in [2.45, 2.75) is 45.7 Å². The lowest BCUT2D eigenvalue weighted by Gasteiger charge is -2.47. The largest absolute Gasteiger partial charge is 0.401 e. The molecule has 2 nitrogen and oxygen atoms in total. The van der Waals surface area contributed by atoms with Crippen LogP contribution in [-0.2, 0) is 0 Å². The molecule has 0 radical (unpaired) electrons. The Labute approximate surface area is 126 Å². The van der Waals surface area contributed by atoms with E-state index in [1.165, 1.54) is 12.8 Å². The third-order valence-electron chi connectivity index (χ3n) is 5.81. The molecule has 2 fully saturated rings. The van der Waals surface area contributed by atoms with Crippen LogP contribution in [0, 0.1) is 17.3 Å². The zero-order valence-electron chi connectivity index (χ0n) is 13.5. The fraction of sp³-hybridized carbons (Fsp3) is 1.00. The second-order valence-electron chi connectivity index (χ2n) is 7.56. The first-order chi connectivity index (χ1) is 9.68. The van der Waals surface area contributed by atoms with E-state index in [1.54, 1.807) is 4.90 Å². The molecule has 0 aliphatic carbocycles. The van der Waals surface area contributed by atoms with E-state index in [1.807, 2.05) is 0 Å². The molecule has 0 amide bonds. The Hall–Kier alpha value is -0.290. The van der Waals surface area contributed by atoms with Crippen LogP contribution in [0.3, 0.4) is 0 Å². The standard InChI is InChI=1S/C16H29F3N2/c1-15(2,13-4-8-20(3)9-5-13)14-6-10-21(11-7-14)12-16(17,18)19/h13-14H,4-12H2,1-3H3. The highest BCUT2D eigenvalue weighted by Gasteiger charge is 2.41. The Kier molecular flexibility index (Phi) is 5.24. The molecular weight excluding hydrogens is 277 g/mol. The SMILES string of the molecule is CN1CCC(C(C)(C)C2CCN(CC(F)(F)F)CC2)CC1. The fourth-order valence-electron chi connectivity index (χ4n) is 4.17. The van der Waals surface area contributed by atoms with E-state index in [0.717, 1.165) is 25.9 Å². The van der Waals surface area contributed by atoms with Crippen LogP contribution in [0.25, 0.3) is 0 Å². The summed E-state index contributed by atoms with van der Waals surface area (Å²) in [5.41, 5.74) is 0.256. The van der Waals surface area contributed by atoms with Crippen molar-refractivity contribution in [1.82, 2.24) is 9.80 Å². The molecule has 0 aromatic heterocycles. The van der Waals surface area contributed by atoms with E-state index in [4.69, 9.17) is 0 Å². The normalized spacial score (nSPS) is 25.4. The van der Waals surface area contributed by atoms with Crippen molar-refractivity contribution in [3.05, 3.63) is 0 Å². The summed E-state index contributed by atoms with van der Waals surface area (Å²) >= 11 is 0. The van der Waals surface area contributed by atoms with Gasteiger partial charge >= 0.3 is 6.18 Å². The zero-order chi connectivity index (χ0) is 15.7. The van der Waals surface area contributed by atoms with E-state index in [9.17, 15) is 13.2 Å². The molecule has 0 N–H and O–H groups in total. The van der Waals surface area contributed by atoms with Crippen molar-refractivity contribution in [3.63, 3.8) is 0 Å². The average molecular weight is 306 g/mol. The minimum absolute atomic E-state index is 0.256. The molecule has 0 atom stereocenters. The zero-order valence-corrected chi connectivity index (χ0v) is 13.5. The third-order valence-corrected chi connectivity index (χ3v) is 5.81. The van der Waals surface area contributed by atoms with Crippen LogP contribution in [0.15, 0.2) is 0 Å². The molecule has 2 heterocycles. The minimum atomic E-state index is -4.06. The molecule has 124 valence electrons. The quantitative estimate of drug-likeness (QED) is 0.785. The Bertz CT molecular complexity index is 325. The van der Waals surface area contributed by atoms with Crippen molar-refractivity contribution in [1.29, 1.82) is 0 Å². The highest BCUT2D eigenvalue weighted by atomic mass is 19.4. The molecule has 0 aromatic carbocycles. The molecule has 5 heteroatoms. The van der Waals surface area contributed by atoms with E-state index < -0.39 is 12.7 Å². The predicted molar refractivity (Wildman–Crippen MR) is 79.2 cm³/mol. The number of likely N-dealkylation sites (tertiary alicyclic amines) is 2. The maximum atomic E-state index is 12.5. The Morgan fingerprint density at radius 3 is 1.71 bits per heavy atom. The van der Waals surface area contributed by atoms with Gasteiger partial charge in [-0.3, -0.25) is 4.90 Å². The van der Waals surface area contributed by atoms with Gasteiger partial charge in [-0.05, 0) is 76.2 Å². The van der Waals surface area contributed by atoms with Gasteiger partial charge in [-0.1, -0.05) is 13.8 Å². The number of nitrogens with zero attached hydrogens (tertiary/aromatic N) is 2. The Balaban J connectivity index is 1.85. The molecule has 0 unspecified atom stereocenters. The summed E-state index contributed by atoms with van der Waals surface area (Å²) in [7, 11) is 2.17. The lowest BCUT2D eigenvalue weighted by atomic mass is 9.63. The first-order valence-electron chi connectivity index (χ1n) is 8.16. The van der Waals surface area contributed by atoms with Gasteiger partial charge in [0, 0.05) is 0 Å². The first-order valence-corrected chi connectivity index (χ1v) is 8.16. The van der Waals surface area contributed by atoms with Gasteiger partial charge in [0.1, 0.15) is 0 Å². The van der Waals surface area contributed by atoms with Crippen molar-refractivity contribution >= 4 is 0 Å². The van der Waals surface area contributed by atoms with Crippen LogP contribution < -0.4 is 0 Å². The van der Waals surface area contributed by atoms with Crippen molar-refractivity contribution < 1.29 is 13.2 Å². The second kappa shape index (κ2) is 6.45. The topological polar surface area (TPSA) is 6.48 Å². The maximum absolute atomic E-state index is 12.5. The summed E-state index contributed by atoms with van der Waals surface area (Å²) in [6.07, 6.45) is 0.222. The van der Waals surface area contributed by atoms with Gasteiger partial charge < -0.3 is 4.90 Å². The molecule has 0 saturated carbocycles. The number of hydrogen-bond donors (Lipinski definition) is 0. The van der Waals surface area contributed by atoms with Crippen LogP contribution in [0.1, 0.15) is 39.5 Å². The number of halogens is 3. The summed E-state index contributed by atoms with van der Waals surface area (Å²) in [5, 5.41) is 0. The molecule has 2 aliphatic rings. The lowest BCUT2D eigenvalue weighted by molar-refractivity contribution is -0.150. The van der Waals surface area contributed by atoms with Gasteiger partial charge in [0.05, 0.1) is 6.54 Å². The smallest absolute Gasteiger partial charge is 0.306 e. The van der Waals surface area contributed by atoms with Gasteiger partial charge in [-0.2, -0.15) is 13.2 Å². The summed E-state index contributed by atoms with van der Waals surface area (Å²) < 4.78 is 37.4. The van der Waals surface area contributed by atoms with Crippen LogP contribution in [0.2, 0.25) is 0 Å². The van der Waals surface area contributed by atoms with Crippen molar-refractivity contribution in [3.8, 4) is 0 Å². The molecule has 2 saturated heterocycles. The molecule has 2 rings (SSSR count). The van der Waals surface area contributed by atoms with E-state index >= 15 is 0 Å². The number of hydrogen-bond acceptors (Lipinski definition) is 2. The minimum Gasteiger partial charge on any atom is -0.306 e. The molecule has 21 heavy (non-hydrogen) atoms. The lowest BCUT2D eigenvalue weighted by Crippen LogP contribution is -2.46. The van der Waals surface area contributed by atoms with Crippen LogP contribution >= 0.6 is 0 Å². The van der Waals surface area contributed by atoms with E-state index in [0.29, 0.717) is 24.9 Å². The van der Waals surface area contributed by atoms with Gasteiger partial charge in [-0.25, -0.2) is 0 Å². The number of alkyl halides is 3. The fourth-order valence-corrected chi connectivity index (χ4v) is 4.17. The summed E-state index contributed by atoms with van der Waals surface area (Å²) in [4.78, 5) is 3.94. The summed E-state index contributed by atoms with van der Waals surface area (Å²) in [6.45, 7) is 7.44. The van der Waals surface area contributed by atoms with E-state index in [2.05, 4.69) is 25.8 Å². The van der Waals surface area contributed by atoms with Gasteiger partial charge in [0.2, 0.25) is 0 Å². The second-order valence-corrected chi connectivity index (χ2v) is 7.56. The van der Waals surface area contributed by atoms with E-state index in [-0.39, 0.29) is 5.41 Å². The van der Waals surface area contributed by atoms with Gasteiger partial charge in [0.15, 0.2) is 0 Å². The Morgan fingerprint density at radius 2 is 1.29 bits per heavy atom. The number of rotatable bonds is 3. The van der Waals surface area contributed by atoms with Crippen LogP contribution in [0.4, 0.5) is 13.2 Å². The Morgan fingerprint density at radius 1 is 0.857 bits per heavy atom. The maximum Gasteiger partial charge on any atom is 0.401 e. The van der Waals surface area contributed by atoms with Crippen LogP contribution in [-0.4, -0.2) is 55.7 Å². The van der Waals surface area contributed by atoms with Crippen molar-refractivity contribution in [2.24, 2.45) is 17.3 Å². The van der Waals surface area contributed by atoms with Crippen molar-refractivity contribution in [2.75, 3.05) is 39.8 Å². The first kappa shape index (κ1) is 17.1. The summed E-state index contributed by atoms with van der Waals surface area (Å²) in [5.74, 6) is 1.28. The third kappa shape index (κ3) is 4.59.